The second kappa shape index (κ2) is 9.06. The van der Waals surface area contributed by atoms with Crippen LogP contribution in [0.5, 0.6) is 0 Å². The van der Waals surface area contributed by atoms with Gasteiger partial charge in [-0.15, -0.1) is 0 Å². The monoisotopic (exact) mass is 551 g/mol. The Morgan fingerprint density at radius 3 is 2.40 bits per heavy atom. The molecule has 1 saturated heterocycles. The van der Waals surface area contributed by atoms with Crippen LogP contribution in [0.2, 0.25) is 0 Å². The number of esters is 2. The zero-order valence-electron chi connectivity index (χ0n) is 19.3. The molecule has 1 heterocycles. The van der Waals surface area contributed by atoms with Crippen molar-refractivity contribution in [2.45, 2.75) is 67.7 Å². The number of halogens is 3. The number of Topliss-reactive ketones (excluding diaryl/α,β-unsaturated/α-hetero) is 1. The Morgan fingerprint density at radius 2 is 1.86 bits per heavy atom. The standard InChI is InChI=1S/C22H24Cl3NO9/c1-8(2)16(28)33-12-7-20(5,35-19(31)26-18(30)22(23,24)25)21(32)6-11(27)9(3)14(21)15-13(12)10(4)17(29)34-15/h8,12-13,15,32H,4,6-7H2,1-3,5H3,(H,26,30,31)/t12-,13-,15+,20-,21-/m1/s1. The molecule has 0 unspecified atom stereocenters. The molecule has 13 heteroatoms. The molecule has 10 nitrogen and oxygen atoms in total. The van der Waals surface area contributed by atoms with Crippen molar-refractivity contribution in [3.05, 3.63) is 23.3 Å². The van der Waals surface area contributed by atoms with E-state index in [1.807, 2.05) is 0 Å². The molecular weight excluding hydrogens is 529 g/mol. The number of hydrogen-bond acceptors (Lipinski definition) is 9. The first kappa shape index (κ1) is 27.4. The minimum Gasteiger partial charge on any atom is -0.461 e. The molecular formula is C22H24Cl3NO9. The Labute approximate surface area is 215 Å². The zero-order chi connectivity index (χ0) is 26.7. The van der Waals surface area contributed by atoms with E-state index in [9.17, 15) is 29.1 Å². The van der Waals surface area contributed by atoms with Gasteiger partial charge in [0.1, 0.15) is 23.4 Å². The molecule has 0 aromatic rings. The van der Waals surface area contributed by atoms with Gasteiger partial charge in [-0.05, 0) is 19.4 Å². The van der Waals surface area contributed by atoms with Crippen LogP contribution < -0.4 is 5.32 Å². The molecule has 192 valence electrons. The maximum absolute atomic E-state index is 12.7. The summed E-state index contributed by atoms with van der Waals surface area (Å²) in [7, 11) is 0. The minimum absolute atomic E-state index is 0.00518. The Balaban J connectivity index is 2.11. The van der Waals surface area contributed by atoms with Gasteiger partial charge in [-0.25, -0.2) is 9.59 Å². The third-order valence-corrected chi connectivity index (χ3v) is 7.10. The fraction of sp³-hybridized carbons (Fsp3) is 0.591. The Kier molecular flexibility index (Phi) is 7.11. The minimum atomic E-state index is -2.48. The molecule has 0 bridgehead atoms. The van der Waals surface area contributed by atoms with Crippen molar-refractivity contribution >= 4 is 64.5 Å². The number of alkyl halides is 3. The van der Waals surface area contributed by atoms with Crippen molar-refractivity contribution in [1.82, 2.24) is 5.32 Å². The summed E-state index contributed by atoms with van der Waals surface area (Å²) in [6.45, 7) is 9.70. The number of carbonyl (C=O) groups is 5. The molecule has 35 heavy (non-hydrogen) atoms. The molecule has 3 rings (SSSR count). The number of aliphatic hydroxyl groups is 1. The number of alkyl carbamates (subject to hydrolysis) is 1. The summed E-state index contributed by atoms with van der Waals surface area (Å²) in [6, 6.07) is 0. The van der Waals surface area contributed by atoms with Gasteiger partial charge in [0.15, 0.2) is 5.78 Å². The topological polar surface area (TPSA) is 145 Å². The third-order valence-electron chi connectivity index (χ3n) is 6.59. The van der Waals surface area contributed by atoms with Gasteiger partial charge in [0.25, 0.3) is 9.70 Å². The van der Waals surface area contributed by atoms with Crippen LogP contribution in [0.1, 0.15) is 40.5 Å². The summed E-state index contributed by atoms with van der Waals surface area (Å²) in [5.74, 6) is -4.70. The van der Waals surface area contributed by atoms with E-state index < -0.39 is 75.2 Å². The highest BCUT2D eigenvalue weighted by atomic mass is 35.6. The molecule has 2 fully saturated rings. The number of ketones is 1. The van der Waals surface area contributed by atoms with Crippen LogP contribution in [0.15, 0.2) is 23.3 Å². The third kappa shape index (κ3) is 4.69. The zero-order valence-corrected chi connectivity index (χ0v) is 21.5. The summed E-state index contributed by atoms with van der Waals surface area (Å²) < 4.78 is 14.1. The number of carbonyl (C=O) groups excluding carboxylic acids is 5. The van der Waals surface area contributed by atoms with Crippen molar-refractivity contribution in [2.75, 3.05) is 0 Å². The summed E-state index contributed by atoms with van der Waals surface area (Å²) >= 11 is 16.5. The molecule has 5 atom stereocenters. The first-order chi connectivity index (χ1) is 15.9. The average molecular weight is 553 g/mol. The molecule has 1 aliphatic heterocycles. The SMILES string of the molecule is C=C1C(=O)O[C@@H]2C3=C(C)C(=O)C[C@]3(O)[C@](C)(OC(=O)NC(=O)C(Cl)(Cl)Cl)C[C@@H](OC(=O)C(C)C)[C@@H]12. The predicted octanol–water partition coefficient (Wildman–Crippen LogP) is 2.46. The lowest BCUT2D eigenvalue weighted by Crippen LogP contribution is -2.58. The highest BCUT2D eigenvalue weighted by Gasteiger charge is 2.67. The lowest BCUT2D eigenvalue weighted by Gasteiger charge is -2.42. The number of allylic oxidation sites excluding steroid dienone is 1. The highest BCUT2D eigenvalue weighted by molar-refractivity contribution is 6.76. The van der Waals surface area contributed by atoms with Crippen molar-refractivity contribution < 1.29 is 43.3 Å². The maximum atomic E-state index is 12.7. The number of rotatable bonds is 3. The number of imide groups is 1. The van der Waals surface area contributed by atoms with Gasteiger partial charge in [0.05, 0.1) is 11.8 Å². The van der Waals surface area contributed by atoms with Crippen LogP contribution in [0.3, 0.4) is 0 Å². The van der Waals surface area contributed by atoms with Gasteiger partial charge in [-0.1, -0.05) is 55.2 Å². The maximum Gasteiger partial charge on any atom is 0.414 e. The average Bonchev–Trinajstić information content (AvgIpc) is 3.10. The van der Waals surface area contributed by atoms with Crippen molar-refractivity contribution in [3.8, 4) is 0 Å². The van der Waals surface area contributed by atoms with E-state index in [2.05, 4.69) is 6.58 Å². The Hall–Kier alpha value is -2.14. The van der Waals surface area contributed by atoms with Crippen LogP contribution in [-0.4, -0.2) is 62.0 Å². The summed E-state index contributed by atoms with van der Waals surface area (Å²) in [4.78, 5) is 62.2. The molecule has 0 aromatic carbocycles. The number of hydrogen-bond donors (Lipinski definition) is 2. The second-order valence-corrected chi connectivity index (χ2v) is 11.6. The van der Waals surface area contributed by atoms with E-state index in [0.717, 1.165) is 0 Å². The van der Waals surface area contributed by atoms with Gasteiger partial charge in [-0.3, -0.25) is 19.7 Å². The Morgan fingerprint density at radius 1 is 1.26 bits per heavy atom. The molecule has 2 aliphatic carbocycles. The number of ether oxygens (including phenoxy) is 3. The van der Waals surface area contributed by atoms with Crippen LogP contribution in [0, 0.1) is 11.8 Å². The van der Waals surface area contributed by atoms with E-state index in [-0.39, 0.29) is 23.1 Å². The van der Waals surface area contributed by atoms with Gasteiger partial charge < -0.3 is 19.3 Å². The predicted molar refractivity (Wildman–Crippen MR) is 122 cm³/mol. The van der Waals surface area contributed by atoms with Gasteiger partial charge in [-0.2, -0.15) is 0 Å². The quantitative estimate of drug-likeness (QED) is 0.233. The first-order valence-electron chi connectivity index (χ1n) is 10.6. The van der Waals surface area contributed by atoms with Gasteiger partial charge in [0, 0.05) is 24.0 Å². The molecule has 2 N–H and O–H groups in total. The number of fused-ring (bicyclic) bond motifs is 3. The fourth-order valence-electron chi connectivity index (χ4n) is 4.68. The fourth-order valence-corrected chi connectivity index (χ4v) is 4.82. The second-order valence-electron chi connectivity index (χ2n) is 9.28. The van der Waals surface area contributed by atoms with Crippen LogP contribution in [-0.2, 0) is 33.4 Å². The van der Waals surface area contributed by atoms with Crippen LogP contribution >= 0.6 is 34.8 Å². The van der Waals surface area contributed by atoms with E-state index in [1.165, 1.54) is 13.8 Å². The summed E-state index contributed by atoms with van der Waals surface area (Å²) in [6.07, 6.45) is -4.63. The molecule has 3 aliphatic rings. The van der Waals surface area contributed by atoms with Gasteiger partial charge >= 0.3 is 18.0 Å². The summed E-state index contributed by atoms with van der Waals surface area (Å²) in [5, 5.41) is 13.6. The van der Waals surface area contributed by atoms with Crippen molar-refractivity contribution in [3.63, 3.8) is 0 Å². The largest absolute Gasteiger partial charge is 0.461 e. The first-order valence-corrected chi connectivity index (χ1v) is 11.7. The normalized spacial score (nSPS) is 32.6. The molecule has 0 aromatic heterocycles. The lowest BCUT2D eigenvalue weighted by molar-refractivity contribution is -0.166. The summed E-state index contributed by atoms with van der Waals surface area (Å²) in [5.41, 5.74) is -4.06. The number of nitrogens with one attached hydrogen (secondary N) is 1. The molecule has 0 spiro atoms. The highest BCUT2D eigenvalue weighted by Crippen LogP contribution is 2.55. The van der Waals surface area contributed by atoms with Gasteiger partial charge in [0.2, 0.25) is 0 Å². The van der Waals surface area contributed by atoms with E-state index >= 15 is 0 Å². The van der Waals surface area contributed by atoms with Crippen molar-refractivity contribution in [2.24, 2.45) is 11.8 Å². The molecule has 2 amide bonds. The van der Waals surface area contributed by atoms with E-state index in [1.54, 1.807) is 19.2 Å². The number of amides is 2. The lowest BCUT2D eigenvalue weighted by atomic mass is 9.76. The molecule has 0 radical (unpaired) electrons. The molecule has 1 saturated carbocycles. The smallest absolute Gasteiger partial charge is 0.414 e. The van der Waals surface area contributed by atoms with Crippen molar-refractivity contribution in [1.29, 1.82) is 0 Å². The van der Waals surface area contributed by atoms with Crippen LogP contribution in [0.4, 0.5) is 4.79 Å². The Bertz CT molecular complexity index is 1060. The van der Waals surface area contributed by atoms with Crippen LogP contribution in [0.25, 0.3) is 0 Å². The van der Waals surface area contributed by atoms with E-state index in [0.29, 0.717) is 0 Å². The van der Waals surface area contributed by atoms with E-state index in [4.69, 9.17) is 49.0 Å².